The smallest absolute Gasteiger partial charge is 0.456 e. The van der Waals surface area contributed by atoms with Crippen molar-refractivity contribution in [2.24, 2.45) is 0 Å². The molecule has 1 amide bonds. The number of likely N-dealkylation sites (N-methyl/N-ethyl adjacent to an activating group) is 1. The van der Waals surface area contributed by atoms with Gasteiger partial charge in [-0.1, -0.05) is 267 Å². The van der Waals surface area contributed by atoms with Crippen molar-refractivity contribution in [1.82, 2.24) is 5.32 Å². The van der Waals surface area contributed by atoms with Crippen LogP contribution in [-0.2, 0) is 27.9 Å². The van der Waals surface area contributed by atoms with E-state index in [-0.39, 0.29) is 31.5 Å². The lowest BCUT2D eigenvalue weighted by Crippen LogP contribution is -2.47. The molecule has 0 saturated heterocycles. The summed E-state index contributed by atoms with van der Waals surface area (Å²) in [6.07, 6.45) is 76.2. The first-order chi connectivity index (χ1) is 38.4. The van der Waals surface area contributed by atoms with Crippen molar-refractivity contribution in [3.8, 4) is 0 Å². The molecule has 0 aliphatic rings. The van der Waals surface area contributed by atoms with Crippen LogP contribution in [0.4, 0.5) is 0 Å². The molecule has 0 rings (SSSR count). The van der Waals surface area contributed by atoms with Crippen LogP contribution in [0.3, 0.4) is 0 Å². The largest absolute Gasteiger partial charge is 0.472 e. The van der Waals surface area contributed by atoms with E-state index in [4.69, 9.17) is 13.8 Å². The van der Waals surface area contributed by atoms with Gasteiger partial charge in [0.1, 0.15) is 19.3 Å². The number of allylic oxidation sites excluding steroid dienone is 11. The second kappa shape index (κ2) is 58.6. The Balaban J connectivity index is 5.14. The number of esters is 1. The number of quaternary nitrogens is 1. The van der Waals surface area contributed by atoms with Crippen LogP contribution < -0.4 is 5.32 Å². The molecule has 10 heteroatoms. The molecule has 0 heterocycles. The number of nitrogens with one attached hydrogen (secondary N) is 1. The van der Waals surface area contributed by atoms with Crippen molar-refractivity contribution in [3.05, 3.63) is 72.9 Å². The van der Waals surface area contributed by atoms with Crippen LogP contribution in [-0.4, -0.2) is 74.3 Å². The molecule has 460 valence electrons. The Bertz CT molecular complexity index is 1580. The lowest BCUT2D eigenvalue weighted by atomic mass is 10.0. The van der Waals surface area contributed by atoms with Crippen molar-refractivity contribution in [3.63, 3.8) is 0 Å². The fourth-order valence-corrected chi connectivity index (χ4v) is 10.2. The summed E-state index contributed by atoms with van der Waals surface area (Å²) in [7, 11) is 1.48. The van der Waals surface area contributed by atoms with Crippen LogP contribution in [0.25, 0.3) is 0 Å². The Kier molecular flexibility index (Phi) is 56.7. The molecule has 0 aliphatic heterocycles. The third-order valence-electron chi connectivity index (χ3n) is 14.6. The van der Waals surface area contributed by atoms with E-state index in [0.717, 1.165) is 77.0 Å². The molecule has 3 unspecified atom stereocenters. The number of nitrogens with zero attached hydrogens (tertiary/aromatic N) is 1. The van der Waals surface area contributed by atoms with Gasteiger partial charge in [0.25, 0.3) is 0 Å². The van der Waals surface area contributed by atoms with Gasteiger partial charge in [0.05, 0.1) is 33.8 Å². The van der Waals surface area contributed by atoms with Crippen LogP contribution in [0.5, 0.6) is 0 Å². The van der Waals surface area contributed by atoms with Gasteiger partial charge in [-0.3, -0.25) is 18.6 Å². The molecule has 0 bridgehead atoms. The topological polar surface area (TPSA) is 111 Å². The van der Waals surface area contributed by atoms with Gasteiger partial charge in [-0.15, -0.1) is 0 Å². The summed E-state index contributed by atoms with van der Waals surface area (Å²) in [5.74, 6) is -0.532. The highest BCUT2D eigenvalue weighted by Gasteiger charge is 2.30. The summed E-state index contributed by atoms with van der Waals surface area (Å²) in [4.78, 5) is 37.8. The van der Waals surface area contributed by atoms with E-state index >= 15 is 0 Å². The Hall–Kier alpha value is -2.55. The number of ether oxygens (including phenoxy) is 1. The van der Waals surface area contributed by atoms with Gasteiger partial charge in [-0.05, 0) is 96.0 Å². The average Bonchev–Trinajstić information content (AvgIpc) is 3.41. The molecule has 0 aromatic carbocycles. The Morgan fingerprint density at radius 2 is 0.810 bits per heavy atom. The van der Waals surface area contributed by atoms with Crippen LogP contribution in [0, 0.1) is 0 Å². The number of hydrogen-bond acceptors (Lipinski definition) is 6. The van der Waals surface area contributed by atoms with Gasteiger partial charge in [-0.25, -0.2) is 4.57 Å². The van der Waals surface area contributed by atoms with Crippen LogP contribution in [0.1, 0.15) is 303 Å². The van der Waals surface area contributed by atoms with Crippen molar-refractivity contribution < 1.29 is 37.3 Å². The molecule has 0 aliphatic carbocycles. The summed E-state index contributed by atoms with van der Waals surface area (Å²) in [5, 5.41) is 3.05. The third kappa shape index (κ3) is 59.9. The summed E-state index contributed by atoms with van der Waals surface area (Å²) in [6, 6.07) is -0.865. The number of carbonyl (C=O) groups is 2. The van der Waals surface area contributed by atoms with E-state index in [1.165, 1.54) is 186 Å². The van der Waals surface area contributed by atoms with Gasteiger partial charge in [-0.2, -0.15) is 0 Å². The highest BCUT2D eigenvalue weighted by molar-refractivity contribution is 7.47. The maximum Gasteiger partial charge on any atom is 0.472 e. The van der Waals surface area contributed by atoms with Crippen molar-refractivity contribution in [2.75, 3.05) is 40.9 Å². The van der Waals surface area contributed by atoms with Crippen LogP contribution in [0.2, 0.25) is 0 Å². The minimum atomic E-state index is -4.46. The van der Waals surface area contributed by atoms with Crippen molar-refractivity contribution in [2.45, 2.75) is 315 Å². The van der Waals surface area contributed by atoms with Gasteiger partial charge < -0.3 is 19.4 Å². The lowest BCUT2D eigenvalue weighted by Gasteiger charge is -2.27. The zero-order valence-electron chi connectivity index (χ0n) is 52.6. The van der Waals surface area contributed by atoms with Gasteiger partial charge in [0.15, 0.2) is 0 Å². The van der Waals surface area contributed by atoms with Crippen molar-refractivity contribution in [1.29, 1.82) is 0 Å². The van der Waals surface area contributed by atoms with Gasteiger partial charge in [0, 0.05) is 12.8 Å². The number of phosphoric ester groups is 1. The van der Waals surface area contributed by atoms with E-state index < -0.39 is 20.0 Å². The third-order valence-corrected chi connectivity index (χ3v) is 15.6. The Labute approximate surface area is 489 Å². The minimum absolute atomic E-state index is 0.0335. The molecule has 3 atom stereocenters. The second-order valence-electron chi connectivity index (χ2n) is 23.7. The summed E-state index contributed by atoms with van der Waals surface area (Å²) in [5.41, 5.74) is 0. The number of rotatable bonds is 60. The van der Waals surface area contributed by atoms with E-state index in [1.54, 1.807) is 0 Å². The molecule has 0 aromatic rings. The number of hydrogen-bond donors (Lipinski definition) is 2. The van der Waals surface area contributed by atoms with Crippen molar-refractivity contribution >= 4 is 19.7 Å². The van der Waals surface area contributed by atoms with Gasteiger partial charge in [0.2, 0.25) is 5.91 Å². The summed E-state index contributed by atoms with van der Waals surface area (Å²) in [6.45, 7) is 6.98. The molecule has 0 fully saturated rings. The highest BCUT2D eigenvalue weighted by Crippen LogP contribution is 2.43. The molecule has 0 radical (unpaired) electrons. The fraction of sp³-hybridized carbons (Fsp3) is 0.797. The number of amides is 1. The minimum Gasteiger partial charge on any atom is -0.456 e. The monoisotopic (exact) mass is 1130 g/mol. The SMILES string of the molecule is CCCCC/C=C\C/C=C\C/C=C\CCCCCCCCCCCCCCC(=O)OC(/C=C\CCCCCCCCCCCC)C(COP(=O)(O)OCC[N+](C)(C)C)NC(=O)CCCCC/C=C/C=C/CCCCCCCCC. The molecule has 0 saturated carbocycles. The predicted octanol–water partition coefficient (Wildman–Crippen LogP) is 20.8. The maximum atomic E-state index is 13.5. The molecule has 79 heavy (non-hydrogen) atoms. The fourth-order valence-electron chi connectivity index (χ4n) is 9.47. The zero-order chi connectivity index (χ0) is 57.9. The molecule has 0 spiro atoms. The first-order valence-electron chi connectivity index (χ1n) is 33.3. The first kappa shape index (κ1) is 76.5. The average molecular weight is 1130 g/mol. The van der Waals surface area contributed by atoms with Gasteiger partial charge >= 0.3 is 13.8 Å². The Morgan fingerprint density at radius 3 is 1.27 bits per heavy atom. The number of unbranched alkanes of at least 4 members (excludes halogenated alkanes) is 35. The molecular weight excluding hydrogens is 1000 g/mol. The number of carbonyl (C=O) groups excluding carboxylic acids is 2. The Morgan fingerprint density at radius 1 is 0.456 bits per heavy atom. The molecule has 9 nitrogen and oxygen atoms in total. The molecule has 2 N–H and O–H groups in total. The zero-order valence-corrected chi connectivity index (χ0v) is 53.5. The predicted molar refractivity (Wildman–Crippen MR) is 341 cm³/mol. The second-order valence-corrected chi connectivity index (χ2v) is 25.1. The maximum absolute atomic E-state index is 13.5. The van der Waals surface area contributed by atoms with E-state index in [9.17, 15) is 19.0 Å². The van der Waals surface area contributed by atoms with Crippen LogP contribution in [0.15, 0.2) is 72.9 Å². The standard InChI is InChI=1S/C69H127N2O7P/c1-7-10-13-16-19-22-25-28-30-32-33-34-35-36-37-38-39-40-42-44-47-50-53-56-59-62-69(73)78-67(60-57-54-51-48-45-27-24-21-18-15-12-9-3)66(65-77-79(74,75)76-64-63-71(4,5)6)70-68(72)61-58-55-52-49-46-43-41-31-29-26-23-20-17-14-11-8-2/h19,22,28,30-31,33-34,41,43,46,57,60,66-67H,7-18,20-21,23-27,29,32,35-40,42,44-45,47-56,58-59,61-65H2,1-6H3,(H-,70,72,74,75)/p+1/b22-19-,30-28-,34-33-,41-31+,46-43+,60-57-. The molecular formula is C69H128N2O7P+. The highest BCUT2D eigenvalue weighted by atomic mass is 31.2. The van der Waals surface area contributed by atoms with E-state index in [0.29, 0.717) is 23.9 Å². The normalized spacial score (nSPS) is 14.1. The quantitative estimate of drug-likeness (QED) is 0.0156. The summed E-state index contributed by atoms with van der Waals surface area (Å²) < 4.78 is 30.7. The lowest BCUT2D eigenvalue weighted by molar-refractivity contribution is -0.870. The summed E-state index contributed by atoms with van der Waals surface area (Å²) >= 11 is 0. The molecule has 0 aromatic heterocycles. The number of phosphoric acid groups is 1. The van der Waals surface area contributed by atoms with E-state index in [1.807, 2.05) is 33.3 Å². The first-order valence-corrected chi connectivity index (χ1v) is 34.8. The van der Waals surface area contributed by atoms with Crippen LogP contribution >= 0.6 is 7.82 Å². The van der Waals surface area contributed by atoms with E-state index in [2.05, 4.69) is 86.8 Å².